The van der Waals surface area contributed by atoms with E-state index in [-0.39, 0.29) is 17.9 Å². The molecular formula is C11H19NO2. The Morgan fingerprint density at radius 2 is 1.71 bits per heavy atom. The van der Waals surface area contributed by atoms with Crippen LogP contribution in [0.25, 0.3) is 0 Å². The van der Waals surface area contributed by atoms with Gasteiger partial charge in [0.2, 0.25) is 5.91 Å². The van der Waals surface area contributed by atoms with Gasteiger partial charge >= 0.3 is 0 Å². The molecule has 2 saturated carbocycles. The lowest BCUT2D eigenvalue weighted by Gasteiger charge is -2.32. The lowest BCUT2D eigenvalue weighted by molar-refractivity contribution is -0.136. The Morgan fingerprint density at radius 3 is 2.14 bits per heavy atom. The summed E-state index contributed by atoms with van der Waals surface area (Å²) >= 11 is 0. The van der Waals surface area contributed by atoms with Crippen molar-refractivity contribution >= 4 is 5.91 Å². The van der Waals surface area contributed by atoms with Crippen LogP contribution in [-0.4, -0.2) is 36.1 Å². The van der Waals surface area contributed by atoms with Gasteiger partial charge in [0.15, 0.2) is 0 Å². The molecule has 0 aromatic carbocycles. The largest absolute Gasteiger partial charge is 0.393 e. The van der Waals surface area contributed by atoms with Gasteiger partial charge in [-0.15, -0.1) is 0 Å². The van der Waals surface area contributed by atoms with Crippen LogP contribution in [0, 0.1) is 17.8 Å². The molecule has 0 aliphatic heterocycles. The summed E-state index contributed by atoms with van der Waals surface area (Å²) in [5, 5.41) is 9.82. The Morgan fingerprint density at radius 1 is 1.21 bits per heavy atom. The zero-order chi connectivity index (χ0) is 10.3. The minimum Gasteiger partial charge on any atom is -0.393 e. The van der Waals surface area contributed by atoms with E-state index in [1.807, 2.05) is 14.1 Å². The summed E-state index contributed by atoms with van der Waals surface area (Å²) in [6.07, 6.45) is 3.90. The third kappa shape index (κ3) is 1.54. The molecule has 0 spiro atoms. The van der Waals surface area contributed by atoms with Gasteiger partial charge in [-0.3, -0.25) is 4.79 Å². The summed E-state index contributed by atoms with van der Waals surface area (Å²) in [6.45, 7) is 0. The fourth-order valence-electron chi connectivity index (χ4n) is 3.06. The van der Waals surface area contributed by atoms with Crippen LogP contribution in [0.15, 0.2) is 0 Å². The molecule has 0 radical (unpaired) electrons. The fourth-order valence-corrected chi connectivity index (χ4v) is 3.06. The molecule has 2 fully saturated rings. The maximum Gasteiger partial charge on any atom is 0.225 e. The fraction of sp³-hybridized carbons (Fsp3) is 0.909. The van der Waals surface area contributed by atoms with Crippen LogP contribution in [-0.2, 0) is 4.79 Å². The van der Waals surface area contributed by atoms with Crippen molar-refractivity contribution in [2.75, 3.05) is 14.1 Å². The average molecular weight is 197 g/mol. The minimum absolute atomic E-state index is 0.124. The molecule has 1 N–H and O–H groups in total. The monoisotopic (exact) mass is 197 g/mol. The molecule has 2 aliphatic carbocycles. The molecule has 0 saturated heterocycles. The van der Waals surface area contributed by atoms with E-state index in [9.17, 15) is 9.90 Å². The molecule has 14 heavy (non-hydrogen) atoms. The molecule has 2 bridgehead atoms. The maximum absolute atomic E-state index is 11.8. The molecule has 2 atom stereocenters. The van der Waals surface area contributed by atoms with E-state index >= 15 is 0 Å². The highest BCUT2D eigenvalue weighted by Crippen LogP contribution is 2.45. The van der Waals surface area contributed by atoms with Crippen molar-refractivity contribution in [3.8, 4) is 0 Å². The van der Waals surface area contributed by atoms with Gasteiger partial charge < -0.3 is 10.0 Å². The summed E-state index contributed by atoms with van der Waals surface area (Å²) in [5.41, 5.74) is 0. The molecule has 0 aromatic rings. The summed E-state index contributed by atoms with van der Waals surface area (Å²) in [6, 6.07) is 0. The number of nitrogens with zero attached hydrogens (tertiary/aromatic N) is 1. The van der Waals surface area contributed by atoms with Gasteiger partial charge in [0.05, 0.1) is 6.10 Å². The van der Waals surface area contributed by atoms with E-state index in [0.29, 0.717) is 11.8 Å². The van der Waals surface area contributed by atoms with E-state index < -0.39 is 0 Å². The van der Waals surface area contributed by atoms with Crippen LogP contribution in [0.4, 0.5) is 0 Å². The summed E-state index contributed by atoms with van der Waals surface area (Å²) in [7, 11) is 3.63. The second-order valence-corrected chi connectivity index (χ2v) is 4.99. The lowest BCUT2D eigenvalue weighted by Crippen LogP contribution is -2.38. The molecule has 0 aromatic heterocycles. The van der Waals surface area contributed by atoms with E-state index in [0.717, 1.165) is 25.7 Å². The zero-order valence-electron chi connectivity index (χ0n) is 8.94. The average Bonchev–Trinajstić information content (AvgIpc) is 2.42. The first-order valence-electron chi connectivity index (χ1n) is 5.49. The number of carbonyl (C=O) groups excluding carboxylic acids is 1. The summed E-state index contributed by atoms with van der Waals surface area (Å²) < 4.78 is 0. The number of carbonyl (C=O) groups is 1. The quantitative estimate of drug-likeness (QED) is 0.677. The topological polar surface area (TPSA) is 40.5 Å². The first-order chi connectivity index (χ1) is 6.59. The SMILES string of the molecule is CN(C)C(=O)C1CC2CCC(C1)C2O. The van der Waals surface area contributed by atoms with E-state index in [4.69, 9.17) is 0 Å². The number of fused-ring (bicyclic) bond motifs is 2. The highest BCUT2D eigenvalue weighted by atomic mass is 16.3. The van der Waals surface area contributed by atoms with Crippen LogP contribution in [0.3, 0.4) is 0 Å². The van der Waals surface area contributed by atoms with Gasteiger partial charge in [0, 0.05) is 20.0 Å². The van der Waals surface area contributed by atoms with Gasteiger partial charge in [-0.2, -0.15) is 0 Å². The molecule has 0 heterocycles. The second-order valence-electron chi connectivity index (χ2n) is 4.99. The maximum atomic E-state index is 11.8. The molecule has 2 unspecified atom stereocenters. The van der Waals surface area contributed by atoms with E-state index in [2.05, 4.69) is 0 Å². The molecule has 1 amide bonds. The van der Waals surface area contributed by atoms with Crippen LogP contribution < -0.4 is 0 Å². The molecule has 3 heteroatoms. The van der Waals surface area contributed by atoms with Crippen molar-refractivity contribution in [2.24, 2.45) is 17.8 Å². The minimum atomic E-state index is -0.124. The number of aliphatic hydroxyl groups is 1. The first-order valence-corrected chi connectivity index (χ1v) is 5.49. The predicted octanol–water partition coefficient (Wildman–Crippen LogP) is 0.872. The molecular weight excluding hydrogens is 178 g/mol. The number of hydrogen-bond donors (Lipinski definition) is 1. The number of hydrogen-bond acceptors (Lipinski definition) is 2. The van der Waals surface area contributed by atoms with Crippen LogP contribution in [0.5, 0.6) is 0 Å². The highest BCUT2D eigenvalue weighted by Gasteiger charge is 2.43. The molecule has 80 valence electrons. The first kappa shape index (κ1) is 9.97. The van der Waals surface area contributed by atoms with Crippen molar-refractivity contribution < 1.29 is 9.90 Å². The van der Waals surface area contributed by atoms with Gasteiger partial charge in [-0.25, -0.2) is 0 Å². The van der Waals surface area contributed by atoms with Gasteiger partial charge in [-0.1, -0.05) is 0 Å². The Hall–Kier alpha value is -0.570. The normalized spacial score (nSPS) is 41.1. The van der Waals surface area contributed by atoms with Gasteiger partial charge in [0.1, 0.15) is 0 Å². The predicted molar refractivity (Wildman–Crippen MR) is 53.6 cm³/mol. The smallest absolute Gasteiger partial charge is 0.225 e. The Labute approximate surface area is 85.1 Å². The zero-order valence-corrected chi connectivity index (χ0v) is 8.94. The van der Waals surface area contributed by atoms with Crippen molar-refractivity contribution in [2.45, 2.75) is 31.8 Å². The Balaban J connectivity index is 2.02. The van der Waals surface area contributed by atoms with Crippen molar-refractivity contribution in [1.29, 1.82) is 0 Å². The third-order valence-corrected chi connectivity index (χ3v) is 3.84. The molecule has 3 nitrogen and oxygen atoms in total. The van der Waals surface area contributed by atoms with Crippen LogP contribution in [0.2, 0.25) is 0 Å². The van der Waals surface area contributed by atoms with Crippen molar-refractivity contribution in [3.05, 3.63) is 0 Å². The number of aliphatic hydroxyl groups excluding tert-OH is 1. The Bertz CT molecular complexity index is 225. The van der Waals surface area contributed by atoms with Crippen LogP contribution in [0.1, 0.15) is 25.7 Å². The number of amides is 1. The standard InChI is InChI=1S/C11H19NO2/c1-12(2)11(14)9-5-7-3-4-8(6-9)10(7)13/h7-10,13H,3-6H2,1-2H3. The van der Waals surface area contributed by atoms with Gasteiger partial charge in [-0.05, 0) is 37.5 Å². The van der Waals surface area contributed by atoms with E-state index in [1.54, 1.807) is 4.90 Å². The van der Waals surface area contributed by atoms with Crippen molar-refractivity contribution in [3.63, 3.8) is 0 Å². The van der Waals surface area contributed by atoms with Gasteiger partial charge in [0.25, 0.3) is 0 Å². The number of rotatable bonds is 1. The summed E-state index contributed by atoms with van der Waals surface area (Å²) in [4.78, 5) is 13.5. The lowest BCUT2D eigenvalue weighted by atomic mass is 9.78. The highest BCUT2D eigenvalue weighted by molar-refractivity contribution is 5.78. The third-order valence-electron chi connectivity index (χ3n) is 3.84. The molecule has 2 rings (SSSR count). The second kappa shape index (κ2) is 3.54. The van der Waals surface area contributed by atoms with E-state index in [1.165, 1.54) is 0 Å². The summed E-state index contributed by atoms with van der Waals surface area (Å²) in [5.74, 6) is 1.20. The molecule has 2 aliphatic rings. The Kier molecular flexibility index (Phi) is 2.52. The van der Waals surface area contributed by atoms with Crippen LogP contribution >= 0.6 is 0 Å². The van der Waals surface area contributed by atoms with Crippen molar-refractivity contribution in [1.82, 2.24) is 4.90 Å².